The van der Waals surface area contributed by atoms with Crippen molar-refractivity contribution in [2.75, 3.05) is 6.54 Å². The molecule has 8 heteroatoms. The van der Waals surface area contributed by atoms with Crippen LogP contribution in [0.2, 0.25) is 4.34 Å². The fourth-order valence-corrected chi connectivity index (χ4v) is 4.71. The molecule has 1 aromatic carbocycles. The van der Waals surface area contributed by atoms with Gasteiger partial charge in [0, 0.05) is 11.3 Å². The minimum Gasteiger partial charge on any atom is -0.480 e. The fourth-order valence-electron chi connectivity index (χ4n) is 3.51. The van der Waals surface area contributed by atoms with Gasteiger partial charge in [-0.1, -0.05) is 35.9 Å². The molecule has 2 heterocycles. The number of hydrogen-bond acceptors (Lipinski definition) is 5. The Morgan fingerprint density at radius 2 is 2.15 bits per heavy atom. The van der Waals surface area contributed by atoms with Crippen molar-refractivity contribution in [3.05, 3.63) is 50.7 Å². The summed E-state index contributed by atoms with van der Waals surface area (Å²) in [5.74, 6) is -1.15. The second-order valence-electron chi connectivity index (χ2n) is 6.33. The number of carbonyl (C=O) groups excluding carboxylic acids is 1. The Morgan fingerprint density at radius 3 is 2.92 bits per heavy atom. The number of aliphatic carboxylic acids is 1. The quantitative estimate of drug-likeness (QED) is 0.732. The average molecular weight is 390 g/mol. The van der Waals surface area contributed by atoms with Crippen molar-refractivity contribution in [2.24, 2.45) is 4.99 Å². The molecular weight excluding hydrogens is 374 g/mol. The van der Waals surface area contributed by atoms with Crippen molar-refractivity contribution in [3.8, 4) is 0 Å². The highest BCUT2D eigenvalue weighted by atomic mass is 35.5. The number of hydrogen-bond donors (Lipinski definition) is 3. The Kier molecular flexibility index (Phi) is 4.52. The Hall–Kier alpha value is -2.22. The van der Waals surface area contributed by atoms with E-state index in [0.29, 0.717) is 22.9 Å². The molecule has 6 nitrogen and oxygen atoms in total. The number of nitrogens with one attached hydrogen (secondary N) is 2. The van der Waals surface area contributed by atoms with Crippen molar-refractivity contribution in [2.45, 2.75) is 24.9 Å². The topological polar surface area (TPSA) is 90.8 Å². The Balaban J connectivity index is 1.50. The number of halogens is 1. The average Bonchev–Trinajstić information content (AvgIpc) is 3.23. The normalized spacial score (nSPS) is 20.4. The lowest BCUT2D eigenvalue weighted by Gasteiger charge is -2.22. The van der Waals surface area contributed by atoms with Gasteiger partial charge >= 0.3 is 5.97 Å². The molecule has 0 radical (unpaired) electrons. The SMILES string of the molecule is O=C(O)CN[C@@H]1c2ccccc2C[C@H]1NC(=O)C1=Nc2cc(Cl)sc2C1. The zero-order valence-corrected chi connectivity index (χ0v) is 15.2. The van der Waals surface area contributed by atoms with Crippen LogP contribution in [0.15, 0.2) is 35.3 Å². The molecule has 134 valence electrons. The molecule has 1 amide bonds. The summed E-state index contributed by atoms with van der Waals surface area (Å²) in [6.45, 7) is -0.165. The number of carboxylic acids is 1. The number of amides is 1. The van der Waals surface area contributed by atoms with Gasteiger partial charge in [0.1, 0.15) is 5.71 Å². The van der Waals surface area contributed by atoms with Crippen LogP contribution in [0.4, 0.5) is 5.69 Å². The van der Waals surface area contributed by atoms with E-state index in [2.05, 4.69) is 15.6 Å². The highest BCUT2D eigenvalue weighted by molar-refractivity contribution is 7.17. The number of nitrogens with zero attached hydrogens (tertiary/aromatic N) is 1. The molecule has 0 saturated carbocycles. The highest BCUT2D eigenvalue weighted by Gasteiger charge is 2.34. The van der Waals surface area contributed by atoms with Gasteiger partial charge in [-0.25, -0.2) is 4.99 Å². The number of carboxylic acid groups (broad SMARTS) is 1. The monoisotopic (exact) mass is 389 g/mol. The first-order valence-electron chi connectivity index (χ1n) is 8.21. The van der Waals surface area contributed by atoms with Gasteiger partial charge < -0.3 is 10.4 Å². The molecule has 2 aliphatic rings. The van der Waals surface area contributed by atoms with Crippen molar-refractivity contribution >= 4 is 46.2 Å². The van der Waals surface area contributed by atoms with Crippen LogP contribution in [-0.4, -0.2) is 35.3 Å². The predicted molar refractivity (Wildman–Crippen MR) is 101 cm³/mol. The lowest BCUT2D eigenvalue weighted by Crippen LogP contribution is -2.46. The van der Waals surface area contributed by atoms with Gasteiger partial charge in [0.15, 0.2) is 0 Å². The van der Waals surface area contributed by atoms with Gasteiger partial charge in [-0.2, -0.15) is 0 Å². The zero-order chi connectivity index (χ0) is 18.3. The molecule has 0 unspecified atom stereocenters. The highest BCUT2D eigenvalue weighted by Crippen LogP contribution is 2.37. The standard InChI is InChI=1S/C18H16ClN3O3S/c19-15-7-11-14(26-15)6-13(21-11)18(25)22-12-5-9-3-1-2-4-10(9)17(12)20-8-16(23)24/h1-4,7,12,17,20H,5-6,8H2,(H,22,25)(H,23,24)/t12-,17-/m1/s1. The molecular formula is C18H16ClN3O3S. The maximum atomic E-state index is 12.7. The van der Waals surface area contributed by atoms with Crippen LogP contribution in [0.25, 0.3) is 0 Å². The summed E-state index contributed by atoms with van der Waals surface area (Å²) in [7, 11) is 0. The molecule has 0 bridgehead atoms. The molecule has 2 aromatic rings. The first-order valence-corrected chi connectivity index (χ1v) is 9.40. The third-order valence-corrected chi connectivity index (χ3v) is 5.88. The smallest absolute Gasteiger partial charge is 0.317 e. The molecule has 26 heavy (non-hydrogen) atoms. The second kappa shape index (κ2) is 6.83. The molecule has 3 N–H and O–H groups in total. The van der Waals surface area contributed by atoms with E-state index in [0.717, 1.165) is 21.7 Å². The molecule has 1 aliphatic carbocycles. The zero-order valence-electron chi connectivity index (χ0n) is 13.7. The van der Waals surface area contributed by atoms with E-state index in [1.807, 2.05) is 24.3 Å². The van der Waals surface area contributed by atoms with Gasteiger partial charge in [-0.3, -0.25) is 14.9 Å². The van der Waals surface area contributed by atoms with Crippen molar-refractivity contribution in [3.63, 3.8) is 0 Å². The first-order chi connectivity index (χ1) is 12.5. The van der Waals surface area contributed by atoms with Crippen LogP contribution in [0.1, 0.15) is 22.0 Å². The summed E-state index contributed by atoms with van der Waals surface area (Å²) in [5, 5.41) is 15.0. The van der Waals surface area contributed by atoms with Crippen molar-refractivity contribution < 1.29 is 14.7 Å². The summed E-state index contributed by atoms with van der Waals surface area (Å²) in [5.41, 5.74) is 3.37. The molecule has 0 spiro atoms. The Morgan fingerprint density at radius 1 is 1.35 bits per heavy atom. The van der Waals surface area contributed by atoms with E-state index in [-0.39, 0.29) is 24.5 Å². The Labute approximate surface area is 158 Å². The third-order valence-electron chi connectivity index (χ3n) is 4.62. The fraction of sp³-hybridized carbons (Fsp3) is 0.278. The Bertz CT molecular complexity index is 924. The van der Waals surface area contributed by atoms with E-state index in [9.17, 15) is 9.59 Å². The molecule has 1 aliphatic heterocycles. The minimum absolute atomic E-state index is 0.165. The number of aliphatic imine (C=N–C) groups is 1. The van der Waals surface area contributed by atoms with Crippen molar-refractivity contribution in [1.29, 1.82) is 0 Å². The summed E-state index contributed by atoms with van der Waals surface area (Å²) in [6.07, 6.45) is 1.13. The van der Waals surface area contributed by atoms with Gasteiger partial charge in [0.2, 0.25) is 0 Å². The van der Waals surface area contributed by atoms with E-state index in [4.69, 9.17) is 16.7 Å². The molecule has 2 atom stereocenters. The number of thiophene rings is 1. The summed E-state index contributed by atoms with van der Waals surface area (Å²) in [4.78, 5) is 29.0. The van der Waals surface area contributed by atoms with Crippen LogP contribution >= 0.6 is 22.9 Å². The van der Waals surface area contributed by atoms with E-state index in [1.54, 1.807) is 6.07 Å². The number of benzene rings is 1. The minimum atomic E-state index is -0.930. The summed E-state index contributed by atoms with van der Waals surface area (Å²) < 4.78 is 0.669. The van der Waals surface area contributed by atoms with Crippen LogP contribution in [-0.2, 0) is 22.4 Å². The summed E-state index contributed by atoms with van der Waals surface area (Å²) in [6, 6.07) is 9.14. The number of carbonyl (C=O) groups is 2. The van der Waals surface area contributed by atoms with Crippen LogP contribution in [0.3, 0.4) is 0 Å². The first kappa shape index (κ1) is 17.2. The number of rotatable bonds is 5. The molecule has 0 saturated heterocycles. The van der Waals surface area contributed by atoms with Gasteiger partial charge in [0.05, 0.1) is 28.7 Å². The largest absolute Gasteiger partial charge is 0.480 e. The lowest BCUT2D eigenvalue weighted by atomic mass is 10.1. The van der Waals surface area contributed by atoms with E-state index < -0.39 is 5.97 Å². The van der Waals surface area contributed by atoms with E-state index in [1.165, 1.54) is 11.3 Å². The van der Waals surface area contributed by atoms with Crippen LogP contribution in [0, 0.1) is 0 Å². The van der Waals surface area contributed by atoms with Crippen molar-refractivity contribution in [1.82, 2.24) is 10.6 Å². The lowest BCUT2D eigenvalue weighted by molar-refractivity contribution is -0.136. The van der Waals surface area contributed by atoms with Gasteiger partial charge in [-0.15, -0.1) is 11.3 Å². The number of fused-ring (bicyclic) bond motifs is 2. The molecule has 1 aromatic heterocycles. The van der Waals surface area contributed by atoms with Gasteiger partial charge in [0.25, 0.3) is 5.91 Å². The molecule has 0 fully saturated rings. The molecule has 4 rings (SSSR count). The van der Waals surface area contributed by atoms with Crippen LogP contribution < -0.4 is 10.6 Å². The van der Waals surface area contributed by atoms with E-state index >= 15 is 0 Å². The maximum absolute atomic E-state index is 12.7. The summed E-state index contributed by atoms with van der Waals surface area (Å²) >= 11 is 7.40. The predicted octanol–water partition coefficient (Wildman–Crippen LogP) is 2.49. The third kappa shape index (κ3) is 3.25. The second-order valence-corrected chi connectivity index (χ2v) is 8.10. The van der Waals surface area contributed by atoms with Crippen LogP contribution in [0.5, 0.6) is 0 Å². The van der Waals surface area contributed by atoms with Gasteiger partial charge in [-0.05, 0) is 23.6 Å². The maximum Gasteiger partial charge on any atom is 0.317 e.